The topological polar surface area (TPSA) is 55.4 Å². The number of carbonyl (C=O) groups is 2. The summed E-state index contributed by atoms with van der Waals surface area (Å²) < 4.78 is 5.82. The van der Waals surface area contributed by atoms with E-state index >= 15 is 0 Å². The highest BCUT2D eigenvalue weighted by molar-refractivity contribution is 6.06. The average molecular weight is 502 g/mol. The second kappa shape index (κ2) is 13.6. The fourth-order valence-corrected chi connectivity index (χ4v) is 3.96. The van der Waals surface area contributed by atoms with Crippen LogP contribution in [0.1, 0.15) is 45.6 Å². The number of carbonyl (C=O) groups excluding carboxylic acids is 2. The molecule has 0 saturated carbocycles. The third-order valence-electron chi connectivity index (χ3n) is 6.02. The smallest absolute Gasteiger partial charge is 0.224 e. The van der Waals surface area contributed by atoms with Gasteiger partial charge in [-0.15, -0.1) is 0 Å². The molecule has 0 aliphatic rings. The van der Waals surface area contributed by atoms with Gasteiger partial charge in [0, 0.05) is 5.56 Å². The standard InChI is InChI=1S/C34H31NO3/c1-26(30-14-6-3-7-15-30)35-34(37)25-29-17-20-31(21-18-29)33(36)22-19-28-12-8-16-32(24-28)38-23-9-13-27-10-4-2-5-11-27/h2-22,24,26H,23,25H2,1H3,(H,35,37). The lowest BCUT2D eigenvalue weighted by molar-refractivity contribution is -0.121. The molecular formula is C34H31NO3. The largest absolute Gasteiger partial charge is 0.490 e. The number of benzene rings is 4. The second-order valence-electron chi connectivity index (χ2n) is 8.97. The van der Waals surface area contributed by atoms with E-state index in [1.54, 1.807) is 24.3 Å². The van der Waals surface area contributed by atoms with Crippen molar-refractivity contribution in [2.75, 3.05) is 6.61 Å². The maximum Gasteiger partial charge on any atom is 0.224 e. The molecule has 4 aromatic rings. The van der Waals surface area contributed by atoms with Gasteiger partial charge in [0.15, 0.2) is 5.78 Å². The highest BCUT2D eigenvalue weighted by Crippen LogP contribution is 2.16. The fourth-order valence-electron chi connectivity index (χ4n) is 3.96. The van der Waals surface area contributed by atoms with Gasteiger partial charge >= 0.3 is 0 Å². The molecule has 38 heavy (non-hydrogen) atoms. The van der Waals surface area contributed by atoms with Crippen molar-refractivity contribution in [2.45, 2.75) is 19.4 Å². The Kier molecular flexibility index (Phi) is 9.41. The SMILES string of the molecule is CC(NC(=O)Cc1ccc(C(=O)C=Cc2cccc(OCC=Cc3ccccc3)c2)cc1)c1ccccc1. The van der Waals surface area contributed by atoms with E-state index in [2.05, 4.69) is 5.32 Å². The first-order valence-corrected chi connectivity index (χ1v) is 12.7. The molecule has 4 nitrogen and oxygen atoms in total. The van der Waals surface area contributed by atoms with E-state index in [0.717, 1.165) is 28.0 Å². The molecule has 0 heterocycles. The highest BCUT2D eigenvalue weighted by atomic mass is 16.5. The van der Waals surface area contributed by atoms with Crippen LogP contribution in [0.25, 0.3) is 12.2 Å². The Morgan fingerprint density at radius 3 is 2.21 bits per heavy atom. The molecule has 0 saturated heterocycles. The van der Waals surface area contributed by atoms with E-state index in [0.29, 0.717) is 12.2 Å². The van der Waals surface area contributed by atoms with Crippen LogP contribution in [0.3, 0.4) is 0 Å². The van der Waals surface area contributed by atoms with Crippen molar-refractivity contribution in [1.29, 1.82) is 0 Å². The summed E-state index contributed by atoms with van der Waals surface area (Å²) in [5.74, 6) is 0.579. The molecule has 0 aliphatic carbocycles. The Hall–Kier alpha value is -4.70. The van der Waals surface area contributed by atoms with Crippen molar-refractivity contribution in [3.05, 3.63) is 149 Å². The summed E-state index contributed by atoms with van der Waals surface area (Å²) in [6.07, 6.45) is 7.58. The van der Waals surface area contributed by atoms with Crippen molar-refractivity contribution in [3.63, 3.8) is 0 Å². The second-order valence-corrected chi connectivity index (χ2v) is 8.97. The number of allylic oxidation sites excluding steroid dienone is 1. The van der Waals surface area contributed by atoms with Crippen LogP contribution < -0.4 is 10.1 Å². The minimum absolute atomic E-state index is 0.0574. The molecule has 1 amide bonds. The number of hydrogen-bond acceptors (Lipinski definition) is 3. The minimum Gasteiger partial charge on any atom is -0.490 e. The van der Waals surface area contributed by atoms with Gasteiger partial charge in [0.1, 0.15) is 12.4 Å². The Balaban J connectivity index is 1.27. The Bertz CT molecular complexity index is 1390. The van der Waals surface area contributed by atoms with E-state index in [1.165, 1.54) is 0 Å². The van der Waals surface area contributed by atoms with Crippen molar-refractivity contribution >= 4 is 23.8 Å². The molecule has 1 unspecified atom stereocenters. The van der Waals surface area contributed by atoms with Crippen LogP contribution in [-0.4, -0.2) is 18.3 Å². The minimum atomic E-state index is -0.101. The first kappa shape index (κ1) is 26.4. The summed E-state index contributed by atoms with van der Waals surface area (Å²) in [7, 11) is 0. The van der Waals surface area contributed by atoms with Gasteiger partial charge in [0.05, 0.1) is 12.5 Å². The zero-order chi connectivity index (χ0) is 26.6. The van der Waals surface area contributed by atoms with Crippen LogP contribution in [0.2, 0.25) is 0 Å². The third-order valence-corrected chi connectivity index (χ3v) is 6.02. The van der Waals surface area contributed by atoms with Gasteiger partial charge in [0.2, 0.25) is 5.91 Å². The van der Waals surface area contributed by atoms with E-state index in [9.17, 15) is 9.59 Å². The number of nitrogens with one attached hydrogen (secondary N) is 1. The molecule has 4 aromatic carbocycles. The quantitative estimate of drug-likeness (QED) is 0.176. The predicted molar refractivity (Wildman–Crippen MR) is 154 cm³/mol. The third kappa shape index (κ3) is 8.17. The molecule has 0 aliphatic heterocycles. The van der Waals surface area contributed by atoms with E-state index in [-0.39, 0.29) is 24.2 Å². The molecule has 0 radical (unpaired) electrons. The van der Waals surface area contributed by atoms with Crippen LogP contribution in [0, 0.1) is 0 Å². The Morgan fingerprint density at radius 2 is 1.47 bits per heavy atom. The van der Waals surface area contributed by atoms with Crippen molar-refractivity contribution in [2.24, 2.45) is 0 Å². The number of hydrogen-bond donors (Lipinski definition) is 1. The maximum absolute atomic E-state index is 12.7. The van der Waals surface area contributed by atoms with Gasteiger partial charge in [0.25, 0.3) is 0 Å². The van der Waals surface area contributed by atoms with Gasteiger partial charge in [-0.05, 0) is 53.5 Å². The molecule has 0 fully saturated rings. The molecular weight excluding hydrogens is 470 g/mol. The normalized spacial score (nSPS) is 11.9. The predicted octanol–water partition coefficient (Wildman–Crippen LogP) is 7.09. The van der Waals surface area contributed by atoms with Gasteiger partial charge in [-0.3, -0.25) is 9.59 Å². The number of rotatable bonds is 11. The lowest BCUT2D eigenvalue weighted by Crippen LogP contribution is -2.28. The van der Waals surface area contributed by atoms with Crippen LogP contribution in [-0.2, 0) is 11.2 Å². The van der Waals surface area contributed by atoms with Crippen LogP contribution >= 0.6 is 0 Å². The first-order chi connectivity index (χ1) is 18.6. The molecule has 1 atom stereocenters. The molecule has 190 valence electrons. The highest BCUT2D eigenvalue weighted by Gasteiger charge is 2.10. The van der Waals surface area contributed by atoms with E-state index < -0.39 is 0 Å². The lowest BCUT2D eigenvalue weighted by atomic mass is 10.0. The van der Waals surface area contributed by atoms with E-state index in [1.807, 2.05) is 116 Å². The summed E-state index contributed by atoms with van der Waals surface area (Å²) >= 11 is 0. The van der Waals surface area contributed by atoms with Crippen molar-refractivity contribution < 1.29 is 14.3 Å². The molecule has 1 N–H and O–H groups in total. The van der Waals surface area contributed by atoms with Crippen LogP contribution in [0.5, 0.6) is 5.75 Å². The first-order valence-electron chi connectivity index (χ1n) is 12.7. The molecule has 4 heteroatoms. The molecule has 0 aromatic heterocycles. The number of amides is 1. The Labute approximate surface area is 224 Å². The number of ketones is 1. The molecule has 4 rings (SSSR count). The number of ether oxygens (including phenoxy) is 1. The zero-order valence-corrected chi connectivity index (χ0v) is 21.4. The average Bonchev–Trinajstić information content (AvgIpc) is 2.95. The zero-order valence-electron chi connectivity index (χ0n) is 21.4. The van der Waals surface area contributed by atoms with E-state index in [4.69, 9.17) is 4.74 Å². The summed E-state index contributed by atoms with van der Waals surface area (Å²) in [6, 6.07) is 34.6. The van der Waals surface area contributed by atoms with Crippen LogP contribution in [0.15, 0.2) is 121 Å². The summed E-state index contributed by atoms with van der Waals surface area (Å²) in [6.45, 7) is 2.42. The van der Waals surface area contributed by atoms with Gasteiger partial charge in [-0.2, -0.15) is 0 Å². The van der Waals surface area contributed by atoms with Crippen molar-refractivity contribution in [3.8, 4) is 5.75 Å². The van der Waals surface area contributed by atoms with Crippen LogP contribution in [0.4, 0.5) is 0 Å². The molecule has 0 spiro atoms. The summed E-state index contributed by atoms with van der Waals surface area (Å²) in [4.78, 5) is 25.1. The Morgan fingerprint density at radius 1 is 0.789 bits per heavy atom. The molecule has 0 bridgehead atoms. The van der Waals surface area contributed by atoms with Gasteiger partial charge in [-0.25, -0.2) is 0 Å². The summed E-state index contributed by atoms with van der Waals surface area (Å²) in [5, 5.41) is 3.02. The monoisotopic (exact) mass is 501 g/mol. The van der Waals surface area contributed by atoms with Gasteiger partial charge in [-0.1, -0.05) is 109 Å². The lowest BCUT2D eigenvalue weighted by Gasteiger charge is -2.14. The van der Waals surface area contributed by atoms with Crippen molar-refractivity contribution in [1.82, 2.24) is 5.32 Å². The fraction of sp³-hybridized carbons (Fsp3) is 0.118. The summed E-state index contributed by atoms with van der Waals surface area (Å²) in [5.41, 5.74) is 4.49. The van der Waals surface area contributed by atoms with Gasteiger partial charge < -0.3 is 10.1 Å². The maximum atomic E-state index is 12.7.